The highest BCUT2D eigenvalue weighted by Gasteiger charge is 2.08. The number of aromatic amines is 1. The molecule has 1 N–H and O–H groups in total. The van der Waals surface area contributed by atoms with Crippen molar-refractivity contribution < 1.29 is 0 Å². The molecule has 0 aromatic carbocycles. The summed E-state index contributed by atoms with van der Waals surface area (Å²) in [6.07, 6.45) is 0.766. The van der Waals surface area contributed by atoms with E-state index in [-0.39, 0.29) is 5.56 Å². The van der Waals surface area contributed by atoms with E-state index in [2.05, 4.69) is 15.1 Å². The third-order valence-corrected chi connectivity index (χ3v) is 2.39. The maximum absolute atomic E-state index is 11.4. The molecule has 0 saturated heterocycles. The Balaban J connectivity index is 2.87. The number of nitrogens with zero attached hydrogens (tertiary/aromatic N) is 3. The van der Waals surface area contributed by atoms with Gasteiger partial charge in [0, 0.05) is 12.0 Å². The van der Waals surface area contributed by atoms with E-state index in [1.165, 1.54) is 0 Å². The number of hydrogen-bond acceptors (Lipinski definition) is 3. The Bertz CT molecular complexity index is 537. The van der Waals surface area contributed by atoms with E-state index in [9.17, 15) is 4.79 Å². The van der Waals surface area contributed by atoms with Crippen molar-refractivity contribution in [3.05, 3.63) is 27.4 Å². The summed E-state index contributed by atoms with van der Waals surface area (Å²) in [6, 6.07) is 0. The van der Waals surface area contributed by atoms with Crippen LogP contribution in [0.5, 0.6) is 0 Å². The van der Waals surface area contributed by atoms with Crippen LogP contribution >= 0.6 is 0 Å². The van der Waals surface area contributed by atoms with Crippen molar-refractivity contribution in [3.8, 4) is 0 Å². The number of H-pyrrole nitrogens is 1. The molecule has 2 aromatic heterocycles. The molecule has 0 aliphatic carbocycles. The van der Waals surface area contributed by atoms with Crippen LogP contribution in [0.2, 0.25) is 0 Å². The molecular weight excluding hydrogens is 180 g/mol. The predicted molar refractivity (Wildman–Crippen MR) is 52.5 cm³/mol. The third kappa shape index (κ3) is 1.13. The molecular formula is C9H12N4O. The minimum atomic E-state index is -0.0925. The molecule has 2 heterocycles. The molecule has 5 nitrogen and oxygen atoms in total. The van der Waals surface area contributed by atoms with E-state index >= 15 is 0 Å². The first-order valence-electron chi connectivity index (χ1n) is 4.58. The summed E-state index contributed by atoms with van der Waals surface area (Å²) in [4.78, 5) is 18.3. The largest absolute Gasteiger partial charge is 0.291 e. The zero-order valence-electron chi connectivity index (χ0n) is 8.46. The van der Waals surface area contributed by atoms with Crippen molar-refractivity contribution in [1.82, 2.24) is 19.6 Å². The topological polar surface area (TPSA) is 63.0 Å². The van der Waals surface area contributed by atoms with Gasteiger partial charge in [-0.2, -0.15) is 4.98 Å². The SMILES string of the molecule is CCc1nc2[nH]c(=O)c(C)c(C)n2n1. The zero-order valence-corrected chi connectivity index (χ0v) is 8.46. The average Bonchev–Trinajstić information content (AvgIpc) is 2.57. The lowest BCUT2D eigenvalue weighted by molar-refractivity contribution is 0.837. The smallest absolute Gasteiger partial charge is 0.255 e. The highest BCUT2D eigenvalue weighted by atomic mass is 16.1. The Morgan fingerprint density at radius 3 is 2.79 bits per heavy atom. The van der Waals surface area contributed by atoms with Crippen LogP contribution in [0, 0.1) is 13.8 Å². The Morgan fingerprint density at radius 2 is 2.14 bits per heavy atom. The number of aromatic nitrogens is 4. The van der Waals surface area contributed by atoms with Gasteiger partial charge in [-0.05, 0) is 13.8 Å². The molecule has 5 heteroatoms. The molecule has 0 bridgehead atoms. The standard InChI is InChI=1S/C9H12N4O/c1-4-7-10-9-11-8(14)5(2)6(3)13(9)12-7/h4H2,1-3H3,(H,10,11,12,14). The summed E-state index contributed by atoms with van der Waals surface area (Å²) in [7, 11) is 0. The van der Waals surface area contributed by atoms with Gasteiger partial charge in [-0.3, -0.25) is 9.78 Å². The minimum absolute atomic E-state index is 0.0925. The number of nitrogens with one attached hydrogen (secondary N) is 1. The molecule has 0 radical (unpaired) electrons. The molecule has 2 aromatic rings. The molecule has 0 aliphatic rings. The summed E-state index contributed by atoms with van der Waals surface area (Å²) in [5.41, 5.74) is 1.44. The molecule has 74 valence electrons. The summed E-state index contributed by atoms with van der Waals surface area (Å²) in [5, 5.41) is 4.27. The number of rotatable bonds is 1. The molecule has 0 unspecified atom stereocenters. The first kappa shape index (κ1) is 8.93. The normalized spacial score (nSPS) is 11.1. The van der Waals surface area contributed by atoms with E-state index in [4.69, 9.17) is 0 Å². The van der Waals surface area contributed by atoms with Crippen molar-refractivity contribution in [2.45, 2.75) is 27.2 Å². The first-order chi connectivity index (χ1) is 6.63. The monoisotopic (exact) mass is 192 g/mol. The van der Waals surface area contributed by atoms with Crippen molar-refractivity contribution in [3.63, 3.8) is 0 Å². The van der Waals surface area contributed by atoms with E-state index in [1.54, 1.807) is 11.4 Å². The molecule has 14 heavy (non-hydrogen) atoms. The van der Waals surface area contributed by atoms with Crippen LogP contribution in [0.4, 0.5) is 0 Å². The van der Waals surface area contributed by atoms with Crippen molar-refractivity contribution >= 4 is 5.78 Å². The number of aryl methyl sites for hydroxylation is 2. The first-order valence-corrected chi connectivity index (χ1v) is 4.58. The van der Waals surface area contributed by atoms with Crippen LogP contribution in [0.15, 0.2) is 4.79 Å². The van der Waals surface area contributed by atoms with Crippen LogP contribution in [0.25, 0.3) is 5.78 Å². The second-order valence-corrected chi connectivity index (χ2v) is 3.28. The van der Waals surface area contributed by atoms with Crippen molar-refractivity contribution in [2.24, 2.45) is 0 Å². The van der Waals surface area contributed by atoms with Crippen LogP contribution in [-0.4, -0.2) is 19.6 Å². The Labute approximate surface area is 80.8 Å². The molecule has 0 amide bonds. The second kappa shape index (κ2) is 2.94. The minimum Gasteiger partial charge on any atom is -0.291 e. The maximum Gasteiger partial charge on any atom is 0.255 e. The van der Waals surface area contributed by atoms with Crippen molar-refractivity contribution in [2.75, 3.05) is 0 Å². The fourth-order valence-corrected chi connectivity index (χ4v) is 1.34. The van der Waals surface area contributed by atoms with E-state index in [0.717, 1.165) is 17.9 Å². The van der Waals surface area contributed by atoms with Crippen LogP contribution in [0.1, 0.15) is 24.0 Å². The molecule has 0 aliphatic heterocycles. The van der Waals surface area contributed by atoms with Crippen LogP contribution in [-0.2, 0) is 6.42 Å². The van der Waals surface area contributed by atoms with Gasteiger partial charge >= 0.3 is 0 Å². The second-order valence-electron chi connectivity index (χ2n) is 3.28. The van der Waals surface area contributed by atoms with Crippen LogP contribution < -0.4 is 5.56 Å². The lowest BCUT2D eigenvalue weighted by atomic mass is 10.3. The van der Waals surface area contributed by atoms with Gasteiger partial charge in [-0.25, -0.2) is 4.52 Å². The third-order valence-electron chi connectivity index (χ3n) is 2.39. The zero-order chi connectivity index (χ0) is 10.3. The number of fused-ring (bicyclic) bond motifs is 1. The molecule has 0 fully saturated rings. The fraction of sp³-hybridized carbons (Fsp3) is 0.444. The Hall–Kier alpha value is -1.65. The highest BCUT2D eigenvalue weighted by Crippen LogP contribution is 2.03. The predicted octanol–water partition coefficient (Wildman–Crippen LogP) is 0.597. The van der Waals surface area contributed by atoms with Gasteiger partial charge in [0.2, 0.25) is 5.78 Å². The van der Waals surface area contributed by atoms with Gasteiger partial charge in [0.05, 0.1) is 5.69 Å². The lowest BCUT2D eigenvalue weighted by Crippen LogP contribution is -2.15. The summed E-state index contributed by atoms with van der Waals surface area (Å²) < 4.78 is 1.68. The Kier molecular flexibility index (Phi) is 1.87. The summed E-state index contributed by atoms with van der Waals surface area (Å²) in [5.74, 6) is 1.27. The van der Waals surface area contributed by atoms with Gasteiger partial charge in [-0.15, -0.1) is 5.10 Å². The fourth-order valence-electron chi connectivity index (χ4n) is 1.34. The van der Waals surface area contributed by atoms with Gasteiger partial charge in [0.1, 0.15) is 0 Å². The lowest BCUT2D eigenvalue weighted by Gasteiger charge is -1.99. The average molecular weight is 192 g/mol. The summed E-state index contributed by atoms with van der Waals surface area (Å²) in [6.45, 7) is 5.63. The van der Waals surface area contributed by atoms with E-state index in [0.29, 0.717) is 11.3 Å². The maximum atomic E-state index is 11.4. The van der Waals surface area contributed by atoms with Gasteiger partial charge in [0.15, 0.2) is 5.82 Å². The van der Waals surface area contributed by atoms with Gasteiger partial charge < -0.3 is 0 Å². The quantitative estimate of drug-likeness (QED) is 0.719. The molecule has 2 rings (SSSR count). The highest BCUT2D eigenvalue weighted by molar-refractivity contribution is 5.31. The molecule has 0 saturated carbocycles. The molecule has 0 atom stereocenters. The van der Waals surface area contributed by atoms with Crippen molar-refractivity contribution in [1.29, 1.82) is 0 Å². The summed E-state index contributed by atoms with van der Waals surface area (Å²) >= 11 is 0. The van der Waals surface area contributed by atoms with Gasteiger partial charge in [0.25, 0.3) is 5.56 Å². The van der Waals surface area contributed by atoms with Gasteiger partial charge in [-0.1, -0.05) is 6.92 Å². The molecule has 0 spiro atoms. The van der Waals surface area contributed by atoms with Crippen LogP contribution in [0.3, 0.4) is 0 Å². The number of hydrogen-bond donors (Lipinski definition) is 1. The van der Waals surface area contributed by atoms with E-state index in [1.807, 2.05) is 13.8 Å². The Morgan fingerprint density at radius 1 is 1.43 bits per heavy atom. The van der Waals surface area contributed by atoms with E-state index < -0.39 is 0 Å².